The van der Waals surface area contributed by atoms with Crippen LogP contribution < -0.4 is 5.73 Å². The number of hydrogen-bond donors (Lipinski definition) is 1. The van der Waals surface area contributed by atoms with Crippen LogP contribution in [0.1, 0.15) is 12.8 Å². The van der Waals surface area contributed by atoms with Gasteiger partial charge < -0.3 is 5.73 Å². The minimum Gasteiger partial charge on any atom is -0.392 e. The molecule has 4 nitrogen and oxygen atoms in total. The molecule has 2 rings (SSSR count). The molecule has 0 atom stereocenters. The van der Waals surface area contributed by atoms with Gasteiger partial charge in [-0.1, -0.05) is 23.8 Å². The number of thioether (sulfide) groups is 1. The number of nitrogens with zero attached hydrogens (tertiary/aromatic N) is 1. The molecule has 0 radical (unpaired) electrons. The zero-order valence-electron chi connectivity index (χ0n) is 11.1. The van der Waals surface area contributed by atoms with E-state index in [-0.39, 0.29) is 8.96 Å². The summed E-state index contributed by atoms with van der Waals surface area (Å²) in [7, 11) is -3.50. The van der Waals surface area contributed by atoms with E-state index >= 15 is 0 Å². The lowest BCUT2D eigenvalue weighted by molar-refractivity contribution is 0.333. The van der Waals surface area contributed by atoms with Gasteiger partial charge in [0, 0.05) is 13.1 Å². The Labute approximate surface area is 151 Å². The number of halogens is 2. The quantitative estimate of drug-likeness (QED) is 0.714. The molecule has 0 amide bonds. The molecule has 1 aliphatic rings. The summed E-state index contributed by atoms with van der Waals surface area (Å²) in [6, 6.07) is 1.48. The van der Waals surface area contributed by atoms with Gasteiger partial charge in [-0.05, 0) is 41.1 Å². The molecule has 1 saturated heterocycles. The second-order valence-electron chi connectivity index (χ2n) is 4.65. The molecule has 1 aromatic rings. The summed E-state index contributed by atoms with van der Waals surface area (Å²) in [6.07, 6.45) is 3.21. The summed E-state index contributed by atoms with van der Waals surface area (Å²) in [5, 5.41) is 0.414. The molecule has 0 bridgehead atoms. The second kappa shape index (κ2) is 6.62. The Bertz CT molecular complexity index is 634. The first-order valence-electron chi connectivity index (χ1n) is 6.03. The SMILES string of the molecule is CSC1(C(N)=S)CCN(S(=O)(=O)c2cc(Cl)c(Br)s2)CC1. The lowest BCUT2D eigenvalue weighted by Crippen LogP contribution is -2.50. The van der Waals surface area contributed by atoms with Gasteiger partial charge in [0.2, 0.25) is 0 Å². The van der Waals surface area contributed by atoms with Gasteiger partial charge in [0.05, 0.1) is 18.5 Å². The first-order chi connectivity index (χ1) is 9.73. The van der Waals surface area contributed by atoms with Gasteiger partial charge in [0.25, 0.3) is 10.0 Å². The third-order valence-electron chi connectivity index (χ3n) is 3.59. The molecule has 1 aromatic heterocycles. The van der Waals surface area contributed by atoms with Gasteiger partial charge in [-0.3, -0.25) is 0 Å². The third-order valence-corrected chi connectivity index (χ3v) is 10.3. The van der Waals surface area contributed by atoms with E-state index in [0.717, 1.165) is 11.3 Å². The Morgan fingerprint density at radius 2 is 2.14 bits per heavy atom. The predicted molar refractivity (Wildman–Crippen MR) is 98.1 cm³/mol. The van der Waals surface area contributed by atoms with Crippen molar-refractivity contribution < 1.29 is 8.42 Å². The highest BCUT2D eigenvalue weighted by Gasteiger charge is 2.40. The van der Waals surface area contributed by atoms with Crippen molar-refractivity contribution in [1.82, 2.24) is 4.31 Å². The highest BCUT2D eigenvalue weighted by molar-refractivity contribution is 9.11. The van der Waals surface area contributed by atoms with Gasteiger partial charge in [-0.15, -0.1) is 11.3 Å². The maximum atomic E-state index is 12.6. The third kappa shape index (κ3) is 3.44. The van der Waals surface area contributed by atoms with Gasteiger partial charge in [-0.25, -0.2) is 8.42 Å². The topological polar surface area (TPSA) is 63.4 Å². The van der Waals surface area contributed by atoms with Crippen molar-refractivity contribution in [3.05, 3.63) is 14.9 Å². The van der Waals surface area contributed by atoms with Gasteiger partial charge in [0.15, 0.2) is 0 Å². The molecule has 118 valence electrons. The zero-order valence-corrected chi connectivity index (χ0v) is 16.7. The minimum atomic E-state index is -3.50. The summed E-state index contributed by atoms with van der Waals surface area (Å²) in [5.41, 5.74) is 5.82. The lowest BCUT2D eigenvalue weighted by Gasteiger charge is -2.39. The van der Waals surface area contributed by atoms with Crippen molar-refractivity contribution in [2.45, 2.75) is 21.8 Å². The zero-order chi connectivity index (χ0) is 15.8. The molecule has 0 saturated carbocycles. The molecule has 2 N–H and O–H groups in total. The summed E-state index contributed by atoms with van der Waals surface area (Å²) >= 11 is 17.0. The maximum Gasteiger partial charge on any atom is 0.252 e. The molecular formula is C11H14BrClN2O2S4. The molecule has 0 aromatic carbocycles. The highest BCUT2D eigenvalue weighted by Crippen LogP contribution is 2.39. The fourth-order valence-electron chi connectivity index (χ4n) is 2.22. The predicted octanol–water partition coefficient (Wildman–Crippen LogP) is 3.34. The number of thiophene rings is 1. The Morgan fingerprint density at radius 1 is 1.57 bits per heavy atom. The van der Waals surface area contributed by atoms with Crippen LogP contribution in [0, 0.1) is 0 Å². The van der Waals surface area contributed by atoms with Gasteiger partial charge in [0.1, 0.15) is 4.21 Å². The number of thiocarbonyl (C=S) groups is 1. The summed E-state index contributed by atoms with van der Waals surface area (Å²) < 4.78 is 27.3. The number of piperidine rings is 1. The highest BCUT2D eigenvalue weighted by atomic mass is 79.9. The monoisotopic (exact) mass is 448 g/mol. The largest absolute Gasteiger partial charge is 0.392 e. The van der Waals surface area contributed by atoms with Crippen LogP contribution in [-0.2, 0) is 10.0 Å². The summed E-state index contributed by atoms with van der Waals surface area (Å²) in [5.74, 6) is 0. The molecule has 10 heteroatoms. The van der Waals surface area contributed by atoms with Crippen molar-refractivity contribution in [2.24, 2.45) is 5.73 Å². The molecule has 21 heavy (non-hydrogen) atoms. The van der Waals surface area contributed by atoms with Crippen LogP contribution in [0.4, 0.5) is 0 Å². The number of sulfonamides is 1. The van der Waals surface area contributed by atoms with Crippen LogP contribution in [0.15, 0.2) is 14.1 Å². The normalized spacial score (nSPS) is 19.6. The van der Waals surface area contributed by atoms with E-state index in [0.29, 0.717) is 39.7 Å². The van der Waals surface area contributed by atoms with Crippen LogP contribution in [-0.4, -0.2) is 41.8 Å². The average molecular weight is 450 g/mol. The van der Waals surface area contributed by atoms with E-state index in [2.05, 4.69) is 15.9 Å². The van der Waals surface area contributed by atoms with E-state index in [1.807, 2.05) is 6.26 Å². The second-order valence-corrected chi connectivity index (χ2v) is 11.2. The van der Waals surface area contributed by atoms with E-state index in [9.17, 15) is 8.42 Å². The fourth-order valence-corrected chi connectivity index (χ4v) is 7.46. The molecular weight excluding hydrogens is 436 g/mol. The number of nitrogens with two attached hydrogens (primary N) is 1. The molecule has 0 unspecified atom stereocenters. The van der Waals surface area contributed by atoms with Crippen molar-refractivity contribution in [1.29, 1.82) is 0 Å². The van der Waals surface area contributed by atoms with Crippen molar-refractivity contribution in [2.75, 3.05) is 19.3 Å². The van der Waals surface area contributed by atoms with E-state index in [4.69, 9.17) is 29.6 Å². The molecule has 1 aliphatic heterocycles. The molecule has 0 spiro atoms. The first kappa shape index (κ1) is 18.0. The Kier molecular flexibility index (Phi) is 5.67. The van der Waals surface area contributed by atoms with E-state index in [1.165, 1.54) is 10.4 Å². The van der Waals surface area contributed by atoms with Gasteiger partial charge >= 0.3 is 0 Å². The average Bonchev–Trinajstić information content (AvgIpc) is 2.79. The lowest BCUT2D eigenvalue weighted by atomic mass is 9.97. The fraction of sp³-hybridized carbons (Fsp3) is 0.545. The minimum absolute atomic E-state index is 0.256. The number of rotatable bonds is 4. The van der Waals surface area contributed by atoms with Crippen LogP contribution in [0.3, 0.4) is 0 Å². The Balaban J connectivity index is 2.20. The van der Waals surface area contributed by atoms with E-state index < -0.39 is 10.0 Å². The van der Waals surface area contributed by atoms with Crippen molar-refractivity contribution >= 4 is 77.9 Å². The Morgan fingerprint density at radius 3 is 2.52 bits per heavy atom. The number of hydrogen-bond acceptors (Lipinski definition) is 5. The van der Waals surface area contributed by atoms with Crippen molar-refractivity contribution in [3.63, 3.8) is 0 Å². The molecule has 1 fully saturated rings. The summed E-state index contributed by atoms with van der Waals surface area (Å²) in [4.78, 5) is 0.453. The molecule has 2 heterocycles. The van der Waals surface area contributed by atoms with Crippen LogP contribution >= 0.6 is 62.8 Å². The first-order valence-corrected chi connectivity index (χ1v) is 11.1. The van der Waals surface area contributed by atoms with E-state index in [1.54, 1.807) is 11.8 Å². The van der Waals surface area contributed by atoms with Crippen molar-refractivity contribution in [3.8, 4) is 0 Å². The van der Waals surface area contributed by atoms with Gasteiger partial charge in [-0.2, -0.15) is 16.1 Å². The maximum absolute atomic E-state index is 12.6. The van der Waals surface area contributed by atoms with Crippen LogP contribution in [0.25, 0.3) is 0 Å². The Hall–Kier alpha value is 0.620. The van der Waals surface area contributed by atoms with Crippen LogP contribution in [0.5, 0.6) is 0 Å². The summed E-state index contributed by atoms with van der Waals surface area (Å²) in [6.45, 7) is 0.821. The standard InChI is InChI=1S/C11H14BrClN2O2S4/c1-19-11(10(14)18)2-4-15(5-3-11)21(16,17)8-6-7(13)9(12)20-8/h6H,2-5H2,1H3,(H2,14,18). The smallest absolute Gasteiger partial charge is 0.252 e. The molecule has 0 aliphatic carbocycles. The van der Waals surface area contributed by atoms with Crippen LogP contribution in [0.2, 0.25) is 5.02 Å².